The number of fused-ring (bicyclic) bond motifs is 7. The van der Waals surface area contributed by atoms with Gasteiger partial charge in [-0.15, -0.1) is 0 Å². The van der Waals surface area contributed by atoms with E-state index >= 15 is 0 Å². The Balaban J connectivity index is 0.922. The quantitative estimate of drug-likeness (QED) is 0.157. The zero-order chi connectivity index (χ0) is 42.8. The highest BCUT2D eigenvalue weighted by atomic mass is 15.1. The highest BCUT2D eigenvalue weighted by Gasteiger charge is 2.19. The lowest BCUT2D eigenvalue weighted by atomic mass is 9.98. The van der Waals surface area contributed by atoms with Crippen LogP contribution in [0.2, 0.25) is 0 Å². The molecule has 0 aliphatic rings. The Bertz CT molecular complexity index is 3850. The second kappa shape index (κ2) is 15.0. The van der Waals surface area contributed by atoms with Crippen LogP contribution in [0.3, 0.4) is 0 Å². The van der Waals surface area contributed by atoms with Gasteiger partial charge < -0.3 is 9.13 Å². The molecule has 13 aromatic rings. The van der Waals surface area contributed by atoms with E-state index in [9.17, 15) is 0 Å². The van der Waals surface area contributed by atoms with E-state index in [0.29, 0.717) is 0 Å². The average molecular weight is 829 g/mol. The highest BCUT2D eigenvalue weighted by molar-refractivity contribution is 6.13. The van der Waals surface area contributed by atoms with E-state index in [1.165, 1.54) is 77.0 Å². The van der Waals surface area contributed by atoms with Crippen molar-refractivity contribution in [3.05, 3.63) is 243 Å². The van der Waals surface area contributed by atoms with Crippen molar-refractivity contribution in [2.45, 2.75) is 0 Å². The zero-order valence-corrected chi connectivity index (χ0v) is 35.4. The summed E-state index contributed by atoms with van der Waals surface area (Å²) in [5, 5.41) is 4.91. The lowest BCUT2D eigenvalue weighted by Gasteiger charge is -2.14. The topological polar surface area (TPSA) is 27.7 Å². The fraction of sp³-hybridized carbons (Fsp3) is 0. The molecule has 0 saturated carbocycles. The first-order chi connectivity index (χ1) is 32.2. The Morgan fingerprint density at radius 1 is 0.231 bits per heavy atom. The van der Waals surface area contributed by atoms with Gasteiger partial charge in [-0.3, -0.25) is 4.57 Å². The third-order valence-electron chi connectivity index (χ3n) is 13.0. The fourth-order valence-corrected chi connectivity index (χ4v) is 10.0. The van der Waals surface area contributed by atoms with Crippen molar-refractivity contribution >= 4 is 54.6 Å². The average Bonchev–Trinajstić information content (AvgIpc) is 4.05. The minimum absolute atomic E-state index is 0.925. The summed E-state index contributed by atoms with van der Waals surface area (Å²) in [6.07, 6.45) is 0. The summed E-state index contributed by atoms with van der Waals surface area (Å²) in [6.45, 7) is 0. The van der Waals surface area contributed by atoms with Gasteiger partial charge >= 0.3 is 0 Å². The first-order valence-corrected chi connectivity index (χ1v) is 22.2. The van der Waals surface area contributed by atoms with Crippen LogP contribution in [0, 0.1) is 0 Å². The maximum absolute atomic E-state index is 5.13. The van der Waals surface area contributed by atoms with Crippen molar-refractivity contribution in [1.82, 2.24) is 18.7 Å². The molecule has 0 saturated heterocycles. The van der Waals surface area contributed by atoms with Crippen molar-refractivity contribution in [3.8, 4) is 61.8 Å². The van der Waals surface area contributed by atoms with Gasteiger partial charge in [-0.1, -0.05) is 140 Å². The van der Waals surface area contributed by atoms with E-state index in [2.05, 4.69) is 256 Å². The Morgan fingerprint density at radius 3 is 1.23 bits per heavy atom. The molecule has 0 aliphatic heterocycles. The van der Waals surface area contributed by atoms with E-state index in [-0.39, 0.29) is 0 Å². The number of nitrogens with zero attached hydrogens (tertiary/aromatic N) is 4. The Hall–Kier alpha value is -8.73. The lowest BCUT2D eigenvalue weighted by Crippen LogP contribution is -1.98. The molecule has 0 spiro atoms. The minimum atomic E-state index is 0.925. The number of aromatic nitrogens is 4. The van der Waals surface area contributed by atoms with Crippen LogP contribution in [0.25, 0.3) is 116 Å². The first-order valence-electron chi connectivity index (χ1n) is 22.2. The largest absolute Gasteiger partial charge is 0.309 e. The Morgan fingerprint density at radius 2 is 0.662 bits per heavy atom. The highest BCUT2D eigenvalue weighted by Crippen LogP contribution is 2.40. The molecule has 0 aliphatic carbocycles. The Kier molecular flexibility index (Phi) is 8.50. The molecule has 0 fully saturated rings. The number of imidazole rings is 1. The molecule has 0 unspecified atom stereocenters. The molecule has 0 amide bonds. The molecular formula is C61H40N4. The third-order valence-corrected chi connectivity index (χ3v) is 13.0. The van der Waals surface area contributed by atoms with Gasteiger partial charge in [0.25, 0.3) is 0 Å². The van der Waals surface area contributed by atoms with E-state index in [0.717, 1.165) is 39.5 Å². The predicted molar refractivity (Wildman–Crippen MR) is 271 cm³/mol. The van der Waals surface area contributed by atoms with Crippen LogP contribution in [-0.2, 0) is 0 Å². The van der Waals surface area contributed by atoms with Crippen molar-refractivity contribution in [2.75, 3.05) is 0 Å². The standard InChI is InChI=1S/C61H40N4/c1-4-16-41(17-5-1)46-36-47(42-18-6-2-7-19-42)38-50(37-46)64-57-26-14-11-23-52(57)54-40-45(31-35-59(54)64)44-30-34-58-53(39-44)51-22-10-13-25-56(51)63(58)49-32-28-43(29-33-49)61-62-55-24-12-15-27-60(55)65(61)48-20-8-3-9-21-48/h1-40H. The molecule has 65 heavy (non-hydrogen) atoms. The molecule has 10 aromatic carbocycles. The lowest BCUT2D eigenvalue weighted by molar-refractivity contribution is 1.10. The number of para-hydroxylation sites is 5. The maximum atomic E-state index is 5.13. The summed E-state index contributed by atoms with van der Waals surface area (Å²) in [5.41, 5.74) is 18.3. The van der Waals surface area contributed by atoms with E-state index in [4.69, 9.17) is 4.98 Å². The van der Waals surface area contributed by atoms with Crippen LogP contribution in [0.15, 0.2) is 243 Å². The number of hydrogen-bond acceptors (Lipinski definition) is 1. The van der Waals surface area contributed by atoms with E-state index < -0.39 is 0 Å². The summed E-state index contributed by atoms with van der Waals surface area (Å²) in [7, 11) is 0. The summed E-state index contributed by atoms with van der Waals surface area (Å²) in [5.74, 6) is 0.925. The number of rotatable bonds is 7. The van der Waals surface area contributed by atoms with Gasteiger partial charge in [-0.05, 0) is 137 Å². The van der Waals surface area contributed by atoms with Gasteiger partial charge in [0.2, 0.25) is 0 Å². The smallest absolute Gasteiger partial charge is 0.145 e. The molecule has 3 heterocycles. The molecule has 0 N–H and O–H groups in total. The van der Waals surface area contributed by atoms with Crippen LogP contribution in [-0.4, -0.2) is 18.7 Å². The first kappa shape index (κ1) is 36.9. The van der Waals surface area contributed by atoms with Crippen LogP contribution in [0.5, 0.6) is 0 Å². The SMILES string of the molecule is c1ccc(-c2cc(-c3ccccc3)cc(-n3c4ccccc4c4cc(-c5ccc6c(c5)c5ccccc5n6-c5ccc(-c6nc7ccccc7n6-c6ccccc6)cc5)ccc43)c2)cc1. The van der Waals surface area contributed by atoms with Crippen LogP contribution < -0.4 is 0 Å². The molecule has 0 atom stereocenters. The van der Waals surface area contributed by atoms with Crippen molar-refractivity contribution in [1.29, 1.82) is 0 Å². The zero-order valence-electron chi connectivity index (χ0n) is 35.4. The summed E-state index contributed by atoms with van der Waals surface area (Å²) >= 11 is 0. The number of hydrogen-bond donors (Lipinski definition) is 0. The fourth-order valence-electron chi connectivity index (χ4n) is 10.0. The Labute approximate surface area is 376 Å². The van der Waals surface area contributed by atoms with Crippen LogP contribution in [0.4, 0.5) is 0 Å². The van der Waals surface area contributed by atoms with Gasteiger partial charge in [-0.25, -0.2) is 4.98 Å². The third kappa shape index (κ3) is 6.11. The van der Waals surface area contributed by atoms with Gasteiger partial charge in [-0.2, -0.15) is 0 Å². The monoisotopic (exact) mass is 828 g/mol. The van der Waals surface area contributed by atoms with Gasteiger partial charge in [0, 0.05) is 44.2 Å². The van der Waals surface area contributed by atoms with Crippen molar-refractivity contribution in [2.24, 2.45) is 0 Å². The molecule has 13 rings (SSSR count). The molecule has 4 heteroatoms. The van der Waals surface area contributed by atoms with Crippen molar-refractivity contribution in [3.63, 3.8) is 0 Å². The van der Waals surface area contributed by atoms with Crippen LogP contribution >= 0.6 is 0 Å². The number of benzene rings is 10. The minimum Gasteiger partial charge on any atom is -0.309 e. The normalized spacial score (nSPS) is 11.7. The van der Waals surface area contributed by atoms with Gasteiger partial charge in [0.1, 0.15) is 5.82 Å². The second-order valence-corrected chi connectivity index (χ2v) is 16.8. The van der Waals surface area contributed by atoms with E-state index in [1.54, 1.807) is 0 Å². The molecule has 0 bridgehead atoms. The second-order valence-electron chi connectivity index (χ2n) is 16.8. The van der Waals surface area contributed by atoms with Crippen molar-refractivity contribution < 1.29 is 0 Å². The molecule has 4 nitrogen and oxygen atoms in total. The molecule has 0 radical (unpaired) electrons. The molecule has 3 aromatic heterocycles. The van der Waals surface area contributed by atoms with Crippen LogP contribution in [0.1, 0.15) is 0 Å². The van der Waals surface area contributed by atoms with Gasteiger partial charge in [0.05, 0.1) is 33.1 Å². The van der Waals surface area contributed by atoms with E-state index in [1.807, 2.05) is 0 Å². The molecule has 304 valence electrons. The van der Waals surface area contributed by atoms with Gasteiger partial charge in [0.15, 0.2) is 0 Å². The summed E-state index contributed by atoms with van der Waals surface area (Å²) in [4.78, 5) is 5.13. The predicted octanol–water partition coefficient (Wildman–Crippen LogP) is 15.9. The maximum Gasteiger partial charge on any atom is 0.145 e. The summed E-state index contributed by atoms with van der Waals surface area (Å²) in [6, 6.07) is 87.6. The molecular weight excluding hydrogens is 789 g/mol. The summed E-state index contributed by atoms with van der Waals surface area (Å²) < 4.78 is 7.09.